The summed E-state index contributed by atoms with van der Waals surface area (Å²) in [6.45, 7) is 0. The summed E-state index contributed by atoms with van der Waals surface area (Å²) in [7, 11) is -3.51. The third kappa shape index (κ3) is 3.08. The summed E-state index contributed by atoms with van der Waals surface area (Å²) < 4.78 is 39.5. The van der Waals surface area contributed by atoms with Crippen LogP contribution >= 0.6 is 22.9 Å². The van der Waals surface area contributed by atoms with Crippen LogP contribution in [0.5, 0.6) is 0 Å². The Morgan fingerprint density at radius 3 is 2.21 bits per heavy atom. The van der Waals surface area contributed by atoms with E-state index in [2.05, 4.69) is 5.32 Å². The maximum atomic E-state index is 16.0. The van der Waals surface area contributed by atoms with E-state index in [-0.39, 0.29) is 25.4 Å². The van der Waals surface area contributed by atoms with E-state index >= 15 is 4.39 Å². The van der Waals surface area contributed by atoms with E-state index in [1.165, 1.54) is 12.1 Å². The molecule has 5 nitrogen and oxygen atoms in total. The van der Waals surface area contributed by atoms with Crippen molar-refractivity contribution in [1.82, 2.24) is 0 Å². The van der Waals surface area contributed by atoms with Gasteiger partial charge in [0.1, 0.15) is 9.34 Å². The zero-order valence-electron chi connectivity index (χ0n) is 14.9. The second-order valence-electron chi connectivity index (χ2n) is 6.56. The van der Waals surface area contributed by atoms with Gasteiger partial charge in [-0.3, -0.25) is 9.59 Å². The monoisotopic (exact) mass is 449 g/mol. The van der Waals surface area contributed by atoms with Gasteiger partial charge in [0, 0.05) is 17.4 Å². The minimum absolute atomic E-state index is 0.000453. The average Bonchev–Trinajstić information content (AvgIpc) is 3.02. The number of carbonyl (C=O) groups is 2. The molecule has 2 aromatic carbocycles. The Morgan fingerprint density at radius 1 is 1.00 bits per heavy atom. The second-order valence-corrected chi connectivity index (χ2v) is 10.2. The van der Waals surface area contributed by atoms with Crippen molar-refractivity contribution in [3.63, 3.8) is 0 Å². The summed E-state index contributed by atoms with van der Waals surface area (Å²) in [4.78, 5) is 25.8. The molecule has 0 radical (unpaired) electrons. The van der Waals surface area contributed by atoms with E-state index in [4.69, 9.17) is 11.6 Å². The van der Waals surface area contributed by atoms with E-state index < -0.39 is 27.2 Å². The Labute approximate surface area is 175 Å². The number of halogens is 2. The highest BCUT2D eigenvalue weighted by molar-refractivity contribution is 7.90. The lowest BCUT2D eigenvalue weighted by Crippen LogP contribution is -2.47. The van der Waals surface area contributed by atoms with E-state index in [1.807, 2.05) is 0 Å². The summed E-state index contributed by atoms with van der Waals surface area (Å²) in [5, 5.41) is 2.62. The molecular formula is C20H13ClFNO4S2. The highest BCUT2D eigenvalue weighted by Gasteiger charge is 2.54. The Kier molecular flexibility index (Phi) is 4.60. The molecule has 2 heterocycles. The predicted molar refractivity (Wildman–Crippen MR) is 110 cm³/mol. The molecule has 1 amide bonds. The number of ketones is 1. The molecule has 1 atom stereocenters. The van der Waals surface area contributed by atoms with Crippen molar-refractivity contribution in [2.45, 2.75) is 10.6 Å². The first kappa shape index (κ1) is 19.8. The lowest BCUT2D eigenvalue weighted by molar-refractivity contribution is -0.125. The van der Waals surface area contributed by atoms with Gasteiger partial charge in [-0.15, -0.1) is 11.3 Å². The van der Waals surface area contributed by atoms with Crippen LogP contribution in [0, 0.1) is 0 Å². The van der Waals surface area contributed by atoms with Crippen molar-refractivity contribution >= 4 is 49.5 Å². The lowest BCUT2D eigenvalue weighted by atomic mass is 9.83. The van der Waals surface area contributed by atoms with Crippen molar-refractivity contribution in [1.29, 1.82) is 0 Å². The molecule has 0 spiro atoms. The second kappa shape index (κ2) is 6.76. The Balaban J connectivity index is 1.88. The fourth-order valence-corrected chi connectivity index (χ4v) is 5.24. The number of sulfone groups is 1. The smallest absolute Gasteiger partial charge is 0.275 e. The van der Waals surface area contributed by atoms with Gasteiger partial charge in [-0.1, -0.05) is 54.1 Å². The fraction of sp³-hybridized carbons (Fsp3) is 0.100. The van der Waals surface area contributed by atoms with Gasteiger partial charge < -0.3 is 5.32 Å². The summed E-state index contributed by atoms with van der Waals surface area (Å²) in [6.07, 6.45) is 1.01. The number of Topliss-reactive ketones (excluding diaryl/α,β-unsaturated/α-hetero) is 1. The lowest BCUT2D eigenvalue weighted by Gasteiger charge is -2.28. The molecule has 0 bridgehead atoms. The molecule has 148 valence electrons. The van der Waals surface area contributed by atoms with Crippen LogP contribution in [0.3, 0.4) is 0 Å². The minimum atomic E-state index is -3.51. The van der Waals surface area contributed by atoms with Gasteiger partial charge >= 0.3 is 0 Å². The van der Waals surface area contributed by atoms with Gasteiger partial charge in [0.2, 0.25) is 5.78 Å². The van der Waals surface area contributed by atoms with Crippen LogP contribution in [0.25, 0.3) is 11.1 Å². The molecule has 1 N–H and O–H groups in total. The van der Waals surface area contributed by atoms with E-state index in [0.717, 1.165) is 29.7 Å². The molecule has 0 saturated carbocycles. The molecular weight excluding hydrogens is 437 g/mol. The molecule has 0 aliphatic carbocycles. The summed E-state index contributed by atoms with van der Waals surface area (Å²) in [5.74, 6) is -2.18. The van der Waals surface area contributed by atoms with Crippen LogP contribution in [-0.4, -0.2) is 26.4 Å². The fourth-order valence-electron chi connectivity index (χ4n) is 3.23. The van der Waals surface area contributed by atoms with Crippen molar-refractivity contribution < 1.29 is 22.4 Å². The van der Waals surface area contributed by atoms with Gasteiger partial charge in [0.15, 0.2) is 9.84 Å². The van der Waals surface area contributed by atoms with Crippen molar-refractivity contribution in [2.75, 3.05) is 11.6 Å². The normalized spacial score (nSPS) is 19.0. The maximum Gasteiger partial charge on any atom is 0.275 e. The van der Waals surface area contributed by atoms with Gasteiger partial charge in [0.25, 0.3) is 11.6 Å². The number of benzene rings is 2. The third-order valence-corrected chi connectivity index (χ3v) is 7.13. The Hall–Kier alpha value is -2.55. The molecule has 29 heavy (non-hydrogen) atoms. The first-order valence-electron chi connectivity index (χ1n) is 8.37. The largest absolute Gasteiger partial charge is 0.313 e. The molecule has 1 aromatic heterocycles. The number of carbonyl (C=O) groups excluding carboxylic acids is 2. The number of thiophene rings is 1. The molecule has 9 heteroatoms. The SMILES string of the molecule is CS(=O)(=O)c1ccc(C2(F)C(=O)Nc3sc(Cl)c(-c4ccccc4)c3C2=O)cc1. The van der Waals surface area contributed by atoms with E-state index in [0.29, 0.717) is 11.1 Å². The van der Waals surface area contributed by atoms with Crippen LogP contribution < -0.4 is 5.32 Å². The van der Waals surface area contributed by atoms with Crippen LogP contribution in [0.1, 0.15) is 15.9 Å². The van der Waals surface area contributed by atoms with E-state index in [1.54, 1.807) is 30.3 Å². The molecule has 0 fully saturated rings. The topological polar surface area (TPSA) is 80.3 Å². The van der Waals surface area contributed by atoms with Crippen LogP contribution in [-0.2, 0) is 20.3 Å². The molecule has 0 saturated heterocycles. The first-order chi connectivity index (χ1) is 13.6. The number of hydrogen-bond donors (Lipinski definition) is 1. The standard InChI is InChI=1S/C20H13ClFNO4S2/c1-29(26,27)13-9-7-12(8-10-13)20(22)16(24)15-14(11-5-3-2-4-6-11)17(21)28-18(15)23-19(20)25/h2-10H,1H3,(H,23,25). The molecule has 3 aromatic rings. The zero-order valence-corrected chi connectivity index (χ0v) is 17.3. The third-order valence-electron chi connectivity index (χ3n) is 4.69. The van der Waals surface area contributed by atoms with E-state index in [9.17, 15) is 18.0 Å². The summed E-state index contributed by atoms with van der Waals surface area (Å²) in [6, 6.07) is 13.4. The number of hydrogen-bond acceptors (Lipinski definition) is 5. The first-order valence-corrected chi connectivity index (χ1v) is 11.5. The number of alkyl halides is 1. The van der Waals surface area contributed by atoms with Crippen molar-refractivity contribution in [3.05, 3.63) is 70.1 Å². The van der Waals surface area contributed by atoms with Gasteiger partial charge in [-0.2, -0.15) is 0 Å². The number of anilines is 1. The van der Waals surface area contributed by atoms with Crippen LogP contribution in [0.2, 0.25) is 4.34 Å². The predicted octanol–water partition coefficient (Wildman–Crippen LogP) is 4.47. The zero-order chi connectivity index (χ0) is 21.0. The molecule has 1 aliphatic heterocycles. The molecule has 1 aliphatic rings. The molecule has 4 rings (SSSR count). The number of rotatable bonds is 3. The van der Waals surface area contributed by atoms with Crippen LogP contribution in [0.4, 0.5) is 9.39 Å². The van der Waals surface area contributed by atoms with Crippen molar-refractivity contribution in [2.24, 2.45) is 0 Å². The van der Waals surface area contributed by atoms with Crippen LogP contribution in [0.15, 0.2) is 59.5 Å². The van der Waals surface area contributed by atoms with Gasteiger partial charge in [-0.25, -0.2) is 12.8 Å². The Morgan fingerprint density at radius 2 is 1.62 bits per heavy atom. The highest BCUT2D eigenvalue weighted by atomic mass is 35.5. The minimum Gasteiger partial charge on any atom is -0.313 e. The number of fused-ring (bicyclic) bond motifs is 1. The highest BCUT2D eigenvalue weighted by Crippen LogP contribution is 2.49. The number of amides is 1. The molecule has 1 unspecified atom stereocenters. The van der Waals surface area contributed by atoms with Gasteiger partial charge in [-0.05, 0) is 17.7 Å². The Bertz CT molecular complexity index is 1250. The maximum absolute atomic E-state index is 16.0. The summed E-state index contributed by atoms with van der Waals surface area (Å²) in [5.41, 5.74) is -2.28. The van der Waals surface area contributed by atoms with Crippen molar-refractivity contribution in [3.8, 4) is 11.1 Å². The quantitative estimate of drug-likeness (QED) is 0.598. The summed E-state index contributed by atoms with van der Waals surface area (Å²) >= 11 is 7.31. The average molecular weight is 450 g/mol. The van der Waals surface area contributed by atoms with Gasteiger partial charge in [0.05, 0.1) is 10.5 Å². The number of nitrogens with one attached hydrogen (secondary N) is 1.